The molecule has 19 heavy (non-hydrogen) atoms. The molecule has 0 fully saturated rings. The zero-order chi connectivity index (χ0) is 13.4. The molecular weight excluding hydrogens is 236 g/mol. The Balaban J connectivity index is 2.06. The lowest BCUT2D eigenvalue weighted by molar-refractivity contribution is -0.110. The summed E-state index contributed by atoms with van der Waals surface area (Å²) >= 11 is 0. The average Bonchev–Trinajstić information content (AvgIpc) is 2.98. The fourth-order valence-corrected chi connectivity index (χ4v) is 2.30. The molecule has 0 saturated heterocycles. The molecule has 0 radical (unpaired) electrons. The van der Waals surface area contributed by atoms with Gasteiger partial charge in [0.15, 0.2) is 0 Å². The lowest BCUT2D eigenvalue weighted by atomic mass is 9.98. The van der Waals surface area contributed by atoms with E-state index in [2.05, 4.69) is 36.3 Å². The van der Waals surface area contributed by atoms with E-state index in [4.69, 9.17) is 0 Å². The SMILES string of the molecule is CC(C)c1ccc2c(c1)NC(=O)C2=Cc1ccc[nH]1. The standard InChI is InChI=1S/C16H16N2O/c1-10(2)11-5-6-13-14(9-12-4-3-7-17-12)16(19)18-15(13)8-11/h3-10,17H,1-2H3,(H,18,19). The predicted molar refractivity (Wildman–Crippen MR) is 77.8 cm³/mol. The van der Waals surface area contributed by atoms with Crippen LogP contribution in [0.2, 0.25) is 0 Å². The van der Waals surface area contributed by atoms with Gasteiger partial charge in [-0.05, 0) is 35.8 Å². The van der Waals surface area contributed by atoms with Crippen molar-refractivity contribution in [2.24, 2.45) is 0 Å². The Labute approximate surface area is 112 Å². The van der Waals surface area contributed by atoms with Gasteiger partial charge in [-0.15, -0.1) is 0 Å². The van der Waals surface area contributed by atoms with Gasteiger partial charge in [0.1, 0.15) is 0 Å². The quantitative estimate of drug-likeness (QED) is 0.788. The van der Waals surface area contributed by atoms with Crippen LogP contribution < -0.4 is 5.32 Å². The number of rotatable bonds is 2. The molecule has 0 unspecified atom stereocenters. The predicted octanol–water partition coefficient (Wildman–Crippen LogP) is 3.63. The van der Waals surface area contributed by atoms with Gasteiger partial charge in [-0.1, -0.05) is 26.0 Å². The van der Waals surface area contributed by atoms with Crippen LogP contribution >= 0.6 is 0 Å². The summed E-state index contributed by atoms with van der Waals surface area (Å²) in [5.74, 6) is 0.421. The van der Waals surface area contributed by atoms with Crippen LogP contribution in [0.25, 0.3) is 11.6 Å². The number of anilines is 1. The maximum atomic E-state index is 12.0. The van der Waals surface area contributed by atoms with Gasteiger partial charge < -0.3 is 10.3 Å². The van der Waals surface area contributed by atoms with Crippen LogP contribution in [0.5, 0.6) is 0 Å². The molecule has 3 rings (SSSR count). The molecule has 1 amide bonds. The molecule has 0 spiro atoms. The van der Waals surface area contributed by atoms with Crippen molar-refractivity contribution in [2.45, 2.75) is 19.8 Å². The third kappa shape index (κ3) is 2.08. The lowest BCUT2D eigenvalue weighted by Gasteiger charge is -2.07. The first-order chi connectivity index (χ1) is 9.15. The number of benzene rings is 1. The summed E-state index contributed by atoms with van der Waals surface area (Å²) in [7, 11) is 0. The topological polar surface area (TPSA) is 44.9 Å². The minimum atomic E-state index is -0.0366. The van der Waals surface area contributed by atoms with Crippen LogP contribution in [-0.2, 0) is 4.79 Å². The largest absolute Gasteiger partial charge is 0.362 e. The zero-order valence-electron chi connectivity index (χ0n) is 11.0. The van der Waals surface area contributed by atoms with Gasteiger partial charge in [0.05, 0.1) is 5.57 Å². The van der Waals surface area contributed by atoms with Crippen molar-refractivity contribution in [1.82, 2.24) is 4.98 Å². The monoisotopic (exact) mass is 252 g/mol. The summed E-state index contributed by atoms with van der Waals surface area (Å²) in [6.07, 6.45) is 3.73. The van der Waals surface area contributed by atoms with Crippen molar-refractivity contribution in [2.75, 3.05) is 5.32 Å². The van der Waals surface area contributed by atoms with Crippen LogP contribution in [-0.4, -0.2) is 10.9 Å². The van der Waals surface area contributed by atoms with Crippen LogP contribution in [0.15, 0.2) is 36.5 Å². The Kier molecular flexibility index (Phi) is 2.75. The smallest absolute Gasteiger partial charge is 0.256 e. The number of amides is 1. The second kappa shape index (κ2) is 4.43. The molecule has 1 aromatic carbocycles. The number of fused-ring (bicyclic) bond motifs is 1. The van der Waals surface area contributed by atoms with E-state index in [1.165, 1.54) is 5.56 Å². The van der Waals surface area contributed by atoms with Gasteiger partial charge in [0, 0.05) is 23.1 Å². The normalized spacial score (nSPS) is 15.9. The Hall–Kier alpha value is -2.29. The van der Waals surface area contributed by atoms with E-state index in [0.29, 0.717) is 11.5 Å². The highest BCUT2D eigenvalue weighted by molar-refractivity contribution is 6.34. The lowest BCUT2D eigenvalue weighted by Crippen LogP contribution is -2.03. The van der Waals surface area contributed by atoms with E-state index in [-0.39, 0.29) is 5.91 Å². The van der Waals surface area contributed by atoms with Crippen LogP contribution in [0.3, 0.4) is 0 Å². The molecule has 96 valence electrons. The maximum absolute atomic E-state index is 12.0. The first kappa shape index (κ1) is 11.8. The van der Waals surface area contributed by atoms with Gasteiger partial charge in [-0.2, -0.15) is 0 Å². The van der Waals surface area contributed by atoms with E-state index >= 15 is 0 Å². The zero-order valence-corrected chi connectivity index (χ0v) is 11.0. The minimum absolute atomic E-state index is 0.0366. The minimum Gasteiger partial charge on any atom is -0.362 e. The van der Waals surface area contributed by atoms with E-state index < -0.39 is 0 Å². The average molecular weight is 252 g/mol. The third-order valence-corrected chi connectivity index (χ3v) is 3.42. The Morgan fingerprint density at radius 2 is 2.05 bits per heavy atom. The maximum Gasteiger partial charge on any atom is 0.256 e. The van der Waals surface area contributed by atoms with Gasteiger partial charge >= 0.3 is 0 Å². The molecule has 1 aliphatic heterocycles. The highest BCUT2D eigenvalue weighted by Crippen LogP contribution is 2.34. The van der Waals surface area contributed by atoms with E-state index in [1.54, 1.807) is 0 Å². The summed E-state index contributed by atoms with van der Waals surface area (Å²) in [5, 5.41) is 2.93. The molecule has 1 aromatic heterocycles. The van der Waals surface area contributed by atoms with Crippen LogP contribution in [0, 0.1) is 0 Å². The third-order valence-electron chi connectivity index (χ3n) is 3.42. The molecule has 2 heterocycles. The van der Waals surface area contributed by atoms with Gasteiger partial charge in [-0.25, -0.2) is 0 Å². The molecule has 3 heteroatoms. The first-order valence-corrected chi connectivity index (χ1v) is 6.46. The number of H-pyrrole nitrogens is 1. The number of aromatic amines is 1. The molecule has 0 bridgehead atoms. The summed E-state index contributed by atoms with van der Waals surface area (Å²) in [6.45, 7) is 4.29. The fraction of sp³-hybridized carbons (Fsp3) is 0.188. The second-order valence-corrected chi connectivity index (χ2v) is 5.10. The summed E-state index contributed by atoms with van der Waals surface area (Å²) in [4.78, 5) is 15.1. The summed E-state index contributed by atoms with van der Waals surface area (Å²) in [5.41, 5.74) is 4.77. The first-order valence-electron chi connectivity index (χ1n) is 6.46. The Morgan fingerprint density at radius 1 is 1.21 bits per heavy atom. The molecule has 0 aliphatic carbocycles. The van der Waals surface area contributed by atoms with Crippen molar-refractivity contribution >= 4 is 23.2 Å². The van der Waals surface area contributed by atoms with Crippen molar-refractivity contribution in [3.8, 4) is 0 Å². The number of nitrogens with one attached hydrogen (secondary N) is 2. The fourth-order valence-electron chi connectivity index (χ4n) is 2.30. The van der Waals surface area contributed by atoms with Crippen molar-refractivity contribution in [3.63, 3.8) is 0 Å². The molecule has 3 nitrogen and oxygen atoms in total. The molecule has 2 N–H and O–H groups in total. The van der Waals surface area contributed by atoms with E-state index in [1.807, 2.05) is 30.5 Å². The Bertz CT molecular complexity index is 651. The number of hydrogen-bond donors (Lipinski definition) is 2. The molecule has 0 atom stereocenters. The van der Waals surface area contributed by atoms with Crippen LogP contribution in [0.1, 0.15) is 36.6 Å². The molecule has 1 aliphatic rings. The van der Waals surface area contributed by atoms with Crippen LogP contribution in [0.4, 0.5) is 5.69 Å². The van der Waals surface area contributed by atoms with Crippen molar-refractivity contribution in [3.05, 3.63) is 53.3 Å². The van der Waals surface area contributed by atoms with Crippen molar-refractivity contribution < 1.29 is 4.79 Å². The number of carbonyl (C=O) groups excluding carboxylic acids is 1. The second-order valence-electron chi connectivity index (χ2n) is 5.10. The highest BCUT2D eigenvalue weighted by Gasteiger charge is 2.24. The van der Waals surface area contributed by atoms with Crippen molar-refractivity contribution in [1.29, 1.82) is 0 Å². The molecule has 2 aromatic rings. The highest BCUT2D eigenvalue weighted by atomic mass is 16.2. The molecule has 0 saturated carbocycles. The number of carbonyl (C=O) groups is 1. The van der Waals surface area contributed by atoms with E-state index in [9.17, 15) is 4.79 Å². The number of hydrogen-bond acceptors (Lipinski definition) is 1. The van der Waals surface area contributed by atoms with E-state index in [0.717, 1.165) is 16.9 Å². The van der Waals surface area contributed by atoms with Gasteiger partial charge in [-0.3, -0.25) is 4.79 Å². The summed E-state index contributed by atoms with van der Waals surface area (Å²) < 4.78 is 0. The number of aromatic nitrogens is 1. The summed E-state index contributed by atoms with van der Waals surface area (Å²) in [6, 6.07) is 10.0. The van der Waals surface area contributed by atoms with Gasteiger partial charge in [0.2, 0.25) is 0 Å². The molecular formula is C16H16N2O. The Morgan fingerprint density at radius 3 is 2.74 bits per heavy atom. The van der Waals surface area contributed by atoms with Gasteiger partial charge in [0.25, 0.3) is 5.91 Å².